The van der Waals surface area contributed by atoms with Gasteiger partial charge >= 0.3 is 5.97 Å². The molecule has 8 nitrogen and oxygen atoms in total. The Bertz CT molecular complexity index is 1090. The number of aliphatic hydroxyl groups excluding tert-OH is 1. The summed E-state index contributed by atoms with van der Waals surface area (Å²) >= 11 is 0. The summed E-state index contributed by atoms with van der Waals surface area (Å²) in [5.74, 6) is -0.409. The van der Waals surface area contributed by atoms with Crippen LogP contribution in [0.1, 0.15) is 23.5 Å². The molecule has 0 saturated heterocycles. The van der Waals surface area contributed by atoms with Crippen molar-refractivity contribution in [3.8, 4) is 11.5 Å². The van der Waals surface area contributed by atoms with Crippen molar-refractivity contribution in [3.05, 3.63) is 59.7 Å². The van der Waals surface area contributed by atoms with Gasteiger partial charge in [-0.2, -0.15) is 0 Å². The topological polar surface area (TPSA) is 122 Å². The minimum atomic E-state index is -3.89. The number of ether oxygens (including phenoxy) is 2. The number of aliphatic carboxylic acids is 1. The van der Waals surface area contributed by atoms with E-state index in [1.54, 1.807) is 24.3 Å². The molecule has 2 aromatic rings. The van der Waals surface area contributed by atoms with Gasteiger partial charge in [0, 0.05) is 29.5 Å². The maximum Gasteiger partial charge on any atom is 0.328 e. The fraction of sp³-hybridized carbons (Fsp3) is 0.286. The highest BCUT2D eigenvalue weighted by atomic mass is 32.2. The second-order valence-electron chi connectivity index (χ2n) is 7.24. The summed E-state index contributed by atoms with van der Waals surface area (Å²) in [5, 5.41) is 19.4. The molecule has 4 unspecified atom stereocenters. The van der Waals surface area contributed by atoms with Gasteiger partial charge in [-0.3, -0.25) is 0 Å². The van der Waals surface area contributed by atoms with Crippen LogP contribution >= 0.6 is 0 Å². The van der Waals surface area contributed by atoms with Crippen LogP contribution in [0.4, 0.5) is 0 Å². The number of hydrogen-bond donors (Lipinski definition) is 3. The molecule has 1 heterocycles. The van der Waals surface area contributed by atoms with Crippen molar-refractivity contribution >= 4 is 22.1 Å². The maximum atomic E-state index is 12.9. The van der Waals surface area contributed by atoms with E-state index >= 15 is 0 Å². The van der Waals surface area contributed by atoms with Gasteiger partial charge in [-0.05, 0) is 30.3 Å². The van der Waals surface area contributed by atoms with Crippen LogP contribution in [0.5, 0.6) is 11.5 Å². The fourth-order valence-electron chi connectivity index (χ4n) is 4.09. The summed E-state index contributed by atoms with van der Waals surface area (Å²) in [5.41, 5.74) is 1.34. The van der Waals surface area contributed by atoms with Crippen molar-refractivity contribution in [1.82, 2.24) is 4.72 Å². The van der Waals surface area contributed by atoms with Crippen LogP contribution in [0.2, 0.25) is 0 Å². The highest BCUT2D eigenvalue weighted by Crippen LogP contribution is 2.49. The van der Waals surface area contributed by atoms with E-state index in [1.165, 1.54) is 25.3 Å². The number of nitrogens with one attached hydrogen (secondary N) is 1. The standard InChI is InChI=1S/C21H21NO7S/c1-28-13-6-8-14(9-7-13)30(26,27)22-20-16(23)11-17-19(20)15-4-2-3-12(21(15)29-17)5-10-18(24)25/h2-10,16-17,19-20,22-23H,11H2,1H3,(H,24,25)/b10-5+. The number of fused-ring (bicyclic) bond motifs is 3. The summed E-state index contributed by atoms with van der Waals surface area (Å²) in [6.07, 6.45) is 1.40. The molecule has 4 rings (SSSR count). The van der Waals surface area contributed by atoms with Gasteiger partial charge in [0.15, 0.2) is 0 Å². The molecule has 1 aliphatic carbocycles. The normalized spacial score (nSPS) is 25.0. The van der Waals surface area contributed by atoms with Crippen molar-refractivity contribution in [2.45, 2.75) is 35.5 Å². The molecular formula is C21H21NO7S. The molecule has 0 spiro atoms. The molecule has 9 heteroatoms. The molecule has 158 valence electrons. The number of carboxylic acids is 1. The van der Waals surface area contributed by atoms with E-state index in [0.717, 1.165) is 11.6 Å². The largest absolute Gasteiger partial charge is 0.497 e. The Hall–Kier alpha value is -2.88. The molecule has 0 bridgehead atoms. The molecule has 0 radical (unpaired) electrons. The zero-order valence-corrected chi connectivity index (χ0v) is 16.9. The second-order valence-corrected chi connectivity index (χ2v) is 8.96. The second kappa shape index (κ2) is 7.75. The smallest absolute Gasteiger partial charge is 0.328 e. The van der Waals surface area contributed by atoms with Crippen molar-refractivity contribution in [3.63, 3.8) is 0 Å². The van der Waals surface area contributed by atoms with Crippen LogP contribution in [0.25, 0.3) is 6.08 Å². The molecule has 1 fully saturated rings. The van der Waals surface area contributed by atoms with E-state index < -0.39 is 34.2 Å². The van der Waals surface area contributed by atoms with E-state index in [2.05, 4.69) is 4.72 Å². The van der Waals surface area contributed by atoms with Crippen molar-refractivity contribution in [2.24, 2.45) is 0 Å². The number of methoxy groups -OCH3 is 1. The molecule has 3 N–H and O–H groups in total. The number of sulfonamides is 1. The molecule has 30 heavy (non-hydrogen) atoms. The van der Waals surface area contributed by atoms with Gasteiger partial charge in [-0.1, -0.05) is 18.2 Å². The first-order chi connectivity index (χ1) is 14.3. The molecule has 4 atom stereocenters. The predicted molar refractivity (Wildman–Crippen MR) is 108 cm³/mol. The molecule has 1 aliphatic heterocycles. The zero-order valence-electron chi connectivity index (χ0n) is 16.1. The lowest BCUT2D eigenvalue weighted by Crippen LogP contribution is -2.43. The first-order valence-electron chi connectivity index (χ1n) is 9.35. The summed E-state index contributed by atoms with van der Waals surface area (Å²) in [4.78, 5) is 10.9. The molecule has 1 saturated carbocycles. The number of benzene rings is 2. The Morgan fingerprint density at radius 2 is 1.97 bits per heavy atom. The van der Waals surface area contributed by atoms with Crippen molar-refractivity contribution in [1.29, 1.82) is 0 Å². The number of para-hydroxylation sites is 1. The van der Waals surface area contributed by atoms with E-state index in [1.807, 2.05) is 6.07 Å². The van der Waals surface area contributed by atoms with Gasteiger partial charge < -0.3 is 19.7 Å². The zero-order chi connectivity index (χ0) is 21.5. The van der Waals surface area contributed by atoms with Gasteiger partial charge in [0.2, 0.25) is 10.0 Å². The minimum Gasteiger partial charge on any atom is -0.497 e. The predicted octanol–water partition coefficient (Wildman–Crippen LogP) is 1.75. The average molecular weight is 431 g/mol. The van der Waals surface area contributed by atoms with Crippen LogP contribution in [-0.2, 0) is 14.8 Å². The first kappa shape index (κ1) is 20.4. The molecule has 0 aromatic heterocycles. The van der Waals surface area contributed by atoms with Crippen LogP contribution in [0, 0.1) is 0 Å². The summed E-state index contributed by atoms with van der Waals surface area (Å²) in [6.45, 7) is 0. The average Bonchev–Trinajstić information content (AvgIpc) is 3.22. The summed E-state index contributed by atoms with van der Waals surface area (Å²) in [7, 11) is -2.39. The molecule has 0 amide bonds. The third-order valence-corrected chi connectivity index (χ3v) is 6.92. The van der Waals surface area contributed by atoms with Gasteiger partial charge in [-0.15, -0.1) is 0 Å². The number of rotatable bonds is 6. The quantitative estimate of drug-likeness (QED) is 0.596. The molecule has 2 aromatic carbocycles. The van der Waals surface area contributed by atoms with Crippen molar-refractivity contribution < 1.29 is 32.9 Å². The highest BCUT2D eigenvalue weighted by molar-refractivity contribution is 7.89. The van der Waals surface area contributed by atoms with Crippen LogP contribution in [0.15, 0.2) is 53.4 Å². The number of hydrogen-bond acceptors (Lipinski definition) is 6. The van der Waals surface area contributed by atoms with E-state index in [4.69, 9.17) is 14.6 Å². The van der Waals surface area contributed by atoms with Crippen LogP contribution < -0.4 is 14.2 Å². The lowest BCUT2D eigenvalue weighted by Gasteiger charge is -2.22. The van der Waals surface area contributed by atoms with E-state index in [0.29, 0.717) is 17.1 Å². The maximum absolute atomic E-state index is 12.9. The highest BCUT2D eigenvalue weighted by Gasteiger charge is 2.51. The Labute approximate surface area is 173 Å². The number of carbonyl (C=O) groups is 1. The Morgan fingerprint density at radius 3 is 2.63 bits per heavy atom. The molecular weight excluding hydrogens is 410 g/mol. The Balaban J connectivity index is 1.64. The Kier molecular flexibility index (Phi) is 5.27. The van der Waals surface area contributed by atoms with Gasteiger partial charge in [0.1, 0.15) is 17.6 Å². The van der Waals surface area contributed by atoms with E-state index in [9.17, 15) is 18.3 Å². The number of carboxylic acid groups (broad SMARTS) is 1. The third-order valence-electron chi connectivity index (χ3n) is 5.45. The van der Waals surface area contributed by atoms with Crippen molar-refractivity contribution in [2.75, 3.05) is 7.11 Å². The van der Waals surface area contributed by atoms with Gasteiger partial charge in [0.25, 0.3) is 0 Å². The van der Waals surface area contributed by atoms with Gasteiger partial charge in [-0.25, -0.2) is 17.9 Å². The summed E-state index contributed by atoms with van der Waals surface area (Å²) < 4.78 is 39.5. The first-order valence-corrected chi connectivity index (χ1v) is 10.8. The van der Waals surface area contributed by atoms with Gasteiger partial charge in [0.05, 0.1) is 24.2 Å². The Morgan fingerprint density at radius 1 is 1.23 bits per heavy atom. The lowest BCUT2D eigenvalue weighted by molar-refractivity contribution is -0.131. The molecule has 2 aliphatic rings. The van der Waals surface area contributed by atoms with E-state index in [-0.39, 0.29) is 17.2 Å². The summed E-state index contributed by atoms with van der Waals surface area (Å²) in [6, 6.07) is 10.5. The SMILES string of the molecule is COc1ccc(S(=O)(=O)NC2C(O)CC3Oc4c(/C=C/C(=O)O)cccc4C32)cc1. The van der Waals surface area contributed by atoms with Crippen LogP contribution in [0.3, 0.4) is 0 Å². The monoisotopic (exact) mass is 431 g/mol. The minimum absolute atomic E-state index is 0.0660. The fourth-order valence-corrected chi connectivity index (χ4v) is 5.38. The lowest BCUT2D eigenvalue weighted by atomic mass is 9.93. The third kappa shape index (κ3) is 3.67. The number of aliphatic hydroxyl groups is 1. The van der Waals surface area contributed by atoms with Crippen LogP contribution in [-0.4, -0.2) is 50.0 Å².